The van der Waals surface area contributed by atoms with E-state index in [9.17, 15) is 13.2 Å². The predicted octanol–water partition coefficient (Wildman–Crippen LogP) is 1.93. The molecule has 2 N–H and O–H groups in total. The van der Waals surface area contributed by atoms with Crippen molar-refractivity contribution >= 4 is 27.8 Å². The van der Waals surface area contributed by atoms with Gasteiger partial charge in [-0.15, -0.1) is 0 Å². The second-order valence-electron chi connectivity index (χ2n) is 3.95. The molecule has 0 saturated heterocycles. The Morgan fingerprint density at radius 1 is 1.33 bits per heavy atom. The second-order valence-corrected chi connectivity index (χ2v) is 6.19. The number of hydrogen-bond donors (Lipinski definition) is 2. The van der Waals surface area contributed by atoms with E-state index < -0.39 is 21.2 Å². The standard InChI is InChI=1S/C12H15NO4S/c1-9(2)18(16,17)13-11-6-4-3-5-10(11)7-8-12(14)15/h3-9,13H,1-2H3,(H,14,15). The molecular formula is C12H15NO4S. The molecule has 0 fully saturated rings. The number of anilines is 1. The number of para-hydroxylation sites is 1. The summed E-state index contributed by atoms with van der Waals surface area (Å²) in [6.07, 6.45) is 2.31. The molecule has 0 radical (unpaired) electrons. The van der Waals surface area contributed by atoms with Gasteiger partial charge in [-0.2, -0.15) is 0 Å². The Hall–Kier alpha value is -1.82. The molecule has 1 aromatic carbocycles. The van der Waals surface area contributed by atoms with Crippen LogP contribution in [0.1, 0.15) is 19.4 Å². The van der Waals surface area contributed by atoms with E-state index in [0.29, 0.717) is 11.3 Å². The van der Waals surface area contributed by atoms with Gasteiger partial charge in [-0.25, -0.2) is 13.2 Å². The van der Waals surface area contributed by atoms with Gasteiger partial charge in [0, 0.05) is 6.08 Å². The van der Waals surface area contributed by atoms with Crippen LogP contribution in [0.2, 0.25) is 0 Å². The van der Waals surface area contributed by atoms with Gasteiger partial charge in [0.2, 0.25) is 10.0 Å². The average Bonchev–Trinajstić information content (AvgIpc) is 2.27. The summed E-state index contributed by atoms with van der Waals surface area (Å²) in [6, 6.07) is 6.60. The zero-order chi connectivity index (χ0) is 13.8. The maximum atomic E-state index is 11.7. The third-order valence-electron chi connectivity index (χ3n) is 2.24. The Balaban J connectivity index is 3.07. The van der Waals surface area contributed by atoms with Crippen molar-refractivity contribution in [3.05, 3.63) is 35.9 Å². The summed E-state index contributed by atoms with van der Waals surface area (Å²) in [5.41, 5.74) is 0.868. The fourth-order valence-corrected chi connectivity index (χ4v) is 1.90. The lowest BCUT2D eigenvalue weighted by Crippen LogP contribution is -2.22. The van der Waals surface area contributed by atoms with E-state index in [1.807, 2.05) is 0 Å². The van der Waals surface area contributed by atoms with Crippen LogP contribution in [0.4, 0.5) is 5.69 Å². The van der Waals surface area contributed by atoms with Gasteiger partial charge in [0.15, 0.2) is 0 Å². The Morgan fingerprint density at radius 3 is 2.50 bits per heavy atom. The zero-order valence-electron chi connectivity index (χ0n) is 10.1. The van der Waals surface area contributed by atoms with Crippen molar-refractivity contribution in [2.24, 2.45) is 0 Å². The van der Waals surface area contributed by atoms with Gasteiger partial charge in [-0.1, -0.05) is 18.2 Å². The van der Waals surface area contributed by atoms with Gasteiger partial charge >= 0.3 is 5.97 Å². The minimum absolute atomic E-state index is 0.365. The van der Waals surface area contributed by atoms with Crippen molar-refractivity contribution in [2.75, 3.05) is 4.72 Å². The van der Waals surface area contributed by atoms with Crippen molar-refractivity contribution in [2.45, 2.75) is 19.1 Å². The molecule has 0 amide bonds. The first-order valence-corrected chi connectivity index (χ1v) is 6.89. The molecule has 0 heterocycles. The Bertz CT molecular complexity index is 561. The number of sulfonamides is 1. The van der Waals surface area contributed by atoms with Gasteiger partial charge in [-0.3, -0.25) is 4.72 Å². The van der Waals surface area contributed by atoms with Crippen LogP contribution in [0.5, 0.6) is 0 Å². The van der Waals surface area contributed by atoms with E-state index in [2.05, 4.69) is 4.72 Å². The fourth-order valence-electron chi connectivity index (χ4n) is 1.17. The maximum Gasteiger partial charge on any atom is 0.328 e. The molecule has 18 heavy (non-hydrogen) atoms. The molecule has 0 saturated carbocycles. The molecule has 0 aliphatic heterocycles. The predicted molar refractivity (Wildman–Crippen MR) is 70.8 cm³/mol. The highest BCUT2D eigenvalue weighted by Gasteiger charge is 2.16. The van der Waals surface area contributed by atoms with Crippen molar-refractivity contribution in [1.29, 1.82) is 0 Å². The quantitative estimate of drug-likeness (QED) is 0.800. The largest absolute Gasteiger partial charge is 0.478 e. The molecule has 0 unspecified atom stereocenters. The van der Waals surface area contributed by atoms with Crippen molar-refractivity contribution in [3.8, 4) is 0 Å². The minimum atomic E-state index is -3.44. The van der Waals surface area contributed by atoms with E-state index in [-0.39, 0.29) is 0 Å². The summed E-state index contributed by atoms with van der Waals surface area (Å²) >= 11 is 0. The molecule has 1 rings (SSSR count). The molecule has 0 aliphatic rings. The van der Waals surface area contributed by atoms with Gasteiger partial charge in [0.1, 0.15) is 0 Å². The highest BCUT2D eigenvalue weighted by Crippen LogP contribution is 2.19. The number of rotatable bonds is 5. The van der Waals surface area contributed by atoms with E-state index in [4.69, 9.17) is 5.11 Å². The smallest absolute Gasteiger partial charge is 0.328 e. The van der Waals surface area contributed by atoms with Crippen molar-refractivity contribution in [3.63, 3.8) is 0 Å². The molecule has 0 bridgehead atoms. The number of benzene rings is 1. The summed E-state index contributed by atoms with van der Waals surface area (Å²) in [4.78, 5) is 10.5. The maximum absolute atomic E-state index is 11.7. The highest BCUT2D eigenvalue weighted by atomic mass is 32.2. The number of carboxylic acid groups (broad SMARTS) is 1. The summed E-state index contributed by atoms with van der Waals surface area (Å²) in [5, 5.41) is 8.00. The normalized spacial score (nSPS) is 11.9. The minimum Gasteiger partial charge on any atom is -0.478 e. The van der Waals surface area contributed by atoms with Crippen LogP contribution in [0.15, 0.2) is 30.3 Å². The SMILES string of the molecule is CC(C)S(=O)(=O)Nc1ccccc1C=CC(=O)O. The summed E-state index contributed by atoms with van der Waals surface area (Å²) in [6.45, 7) is 3.13. The Kier molecular flexibility index (Phi) is 4.49. The molecule has 6 heteroatoms. The number of nitrogens with one attached hydrogen (secondary N) is 1. The topological polar surface area (TPSA) is 83.5 Å². The van der Waals surface area contributed by atoms with E-state index in [0.717, 1.165) is 6.08 Å². The molecule has 0 spiro atoms. The van der Waals surface area contributed by atoms with Crippen molar-refractivity contribution in [1.82, 2.24) is 0 Å². The van der Waals surface area contributed by atoms with Crippen molar-refractivity contribution < 1.29 is 18.3 Å². The highest BCUT2D eigenvalue weighted by molar-refractivity contribution is 7.93. The number of carboxylic acids is 1. The van der Waals surface area contributed by atoms with Crippen LogP contribution in [-0.2, 0) is 14.8 Å². The van der Waals surface area contributed by atoms with E-state index in [1.165, 1.54) is 6.08 Å². The summed E-state index contributed by atoms with van der Waals surface area (Å²) < 4.78 is 25.9. The van der Waals surface area contributed by atoms with Gasteiger partial charge in [-0.05, 0) is 31.6 Å². The van der Waals surface area contributed by atoms with Crippen LogP contribution >= 0.6 is 0 Å². The van der Waals surface area contributed by atoms with Crippen LogP contribution in [0.3, 0.4) is 0 Å². The lowest BCUT2D eigenvalue weighted by atomic mass is 10.2. The lowest BCUT2D eigenvalue weighted by molar-refractivity contribution is -0.131. The van der Waals surface area contributed by atoms with E-state index in [1.54, 1.807) is 38.1 Å². The molecule has 98 valence electrons. The first-order chi connectivity index (χ1) is 8.33. The first-order valence-electron chi connectivity index (χ1n) is 5.34. The van der Waals surface area contributed by atoms with Crippen LogP contribution < -0.4 is 4.72 Å². The molecule has 1 aromatic rings. The van der Waals surface area contributed by atoms with Gasteiger partial charge in [0.05, 0.1) is 10.9 Å². The van der Waals surface area contributed by atoms with Gasteiger partial charge < -0.3 is 5.11 Å². The lowest BCUT2D eigenvalue weighted by Gasteiger charge is -2.12. The molecular weight excluding hydrogens is 254 g/mol. The summed E-state index contributed by atoms with van der Waals surface area (Å²) in [7, 11) is -3.44. The fraction of sp³-hybridized carbons (Fsp3) is 0.250. The summed E-state index contributed by atoms with van der Waals surface area (Å²) in [5.74, 6) is -1.09. The number of hydrogen-bond acceptors (Lipinski definition) is 3. The zero-order valence-corrected chi connectivity index (χ0v) is 10.9. The van der Waals surface area contributed by atoms with Crippen LogP contribution in [-0.4, -0.2) is 24.7 Å². The van der Waals surface area contributed by atoms with Gasteiger partial charge in [0.25, 0.3) is 0 Å². The second kappa shape index (κ2) is 5.68. The molecule has 0 atom stereocenters. The monoisotopic (exact) mass is 269 g/mol. The first kappa shape index (κ1) is 14.2. The third kappa shape index (κ3) is 3.89. The Morgan fingerprint density at radius 2 is 1.94 bits per heavy atom. The van der Waals surface area contributed by atoms with Crippen LogP contribution in [0.25, 0.3) is 6.08 Å². The molecule has 0 aromatic heterocycles. The van der Waals surface area contributed by atoms with Crippen LogP contribution in [0, 0.1) is 0 Å². The molecule has 5 nitrogen and oxygen atoms in total. The third-order valence-corrected chi connectivity index (χ3v) is 3.98. The number of carbonyl (C=O) groups is 1. The Labute approximate surface area is 106 Å². The molecule has 0 aliphatic carbocycles. The van der Waals surface area contributed by atoms with E-state index >= 15 is 0 Å². The number of aliphatic carboxylic acids is 1. The average molecular weight is 269 g/mol.